The topological polar surface area (TPSA) is 20.2 Å². The third-order valence-corrected chi connectivity index (χ3v) is 6.83. The number of aryl methyl sites for hydroxylation is 2. The van der Waals surface area contributed by atoms with Crippen LogP contribution in [-0.4, -0.2) is 5.11 Å². The lowest BCUT2D eigenvalue weighted by Crippen LogP contribution is -1.88. The molecule has 0 amide bonds. The lowest BCUT2D eigenvalue weighted by atomic mass is 10.1. The summed E-state index contributed by atoms with van der Waals surface area (Å²) in [7, 11) is -0.528. The fourth-order valence-electron chi connectivity index (χ4n) is 3.26. The lowest BCUT2D eigenvalue weighted by molar-refractivity contribution is 0.466. The molecule has 0 fully saturated rings. The van der Waals surface area contributed by atoms with E-state index in [1.165, 1.54) is 25.8 Å². The molecule has 3 aromatic carbocycles. The maximum absolute atomic E-state index is 10.1. The highest BCUT2D eigenvalue weighted by atomic mass is 32.2. The Bertz CT molecular complexity index is 814. The van der Waals surface area contributed by atoms with Gasteiger partial charge in [0.15, 0.2) is 0 Å². The van der Waals surface area contributed by atoms with Crippen molar-refractivity contribution in [3.63, 3.8) is 0 Å². The number of benzene rings is 3. The summed E-state index contributed by atoms with van der Waals surface area (Å²) in [5, 5.41) is 10.1. The second kappa shape index (κ2) is 4.92. The van der Waals surface area contributed by atoms with Crippen LogP contribution in [0.15, 0.2) is 75.4 Å². The van der Waals surface area contributed by atoms with E-state index < -0.39 is 10.9 Å². The molecule has 3 aromatic rings. The Morgan fingerprint density at radius 1 is 0.727 bits per heavy atom. The number of phenolic OH excluding ortho intramolecular Hbond substituents is 1. The first-order valence-corrected chi connectivity index (χ1v) is 8.80. The van der Waals surface area contributed by atoms with Gasteiger partial charge in [0.1, 0.15) is 5.75 Å². The predicted molar refractivity (Wildman–Crippen MR) is 93.2 cm³/mol. The van der Waals surface area contributed by atoms with Gasteiger partial charge in [-0.1, -0.05) is 36.4 Å². The number of hydrogen-bond acceptors (Lipinski definition) is 1. The van der Waals surface area contributed by atoms with E-state index in [9.17, 15) is 5.11 Å². The molecule has 1 heterocycles. The molecule has 110 valence electrons. The average molecular weight is 306 g/mol. The Labute approximate surface area is 133 Å². The van der Waals surface area contributed by atoms with E-state index in [-0.39, 0.29) is 0 Å². The van der Waals surface area contributed by atoms with Gasteiger partial charge < -0.3 is 5.11 Å². The van der Waals surface area contributed by atoms with Gasteiger partial charge in [0.2, 0.25) is 0 Å². The molecule has 0 aliphatic carbocycles. The molecule has 0 atom stereocenters. The highest BCUT2D eigenvalue weighted by molar-refractivity contribution is 8.17. The molecule has 4 rings (SSSR count). The molecular weight excluding hydrogens is 288 g/mol. The molecule has 0 saturated carbocycles. The Kier molecular flexibility index (Phi) is 3.02. The molecule has 0 bridgehead atoms. The Morgan fingerprint density at radius 3 is 1.68 bits per heavy atom. The van der Waals surface area contributed by atoms with Crippen LogP contribution in [-0.2, 0) is 0 Å². The van der Waals surface area contributed by atoms with Crippen LogP contribution in [0, 0.1) is 13.8 Å². The minimum absolute atomic E-state index is 0.416. The van der Waals surface area contributed by atoms with E-state index in [4.69, 9.17) is 0 Å². The monoisotopic (exact) mass is 306 g/mol. The lowest BCUT2D eigenvalue weighted by Gasteiger charge is -2.20. The molecular formula is C20H18OS. The second-order valence-electron chi connectivity index (χ2n) is 5.80. The van der Waals surface area contributed by atoms with Crippen LogP contribution in [0.5, 0.6) is 5.75 Å². The van der Waals surface area contributed by atoms with E-state index in [0.29, 0.717) is 5.75 Å². The number of phenols is 1. The summed E-state index contributed by atoms with van der Waals surface area (Å²) in [4.78, 5) is 4.16. The van der Waals surface area contributed by atoms with Crippen molar-refractivity contribution < 1.29 is 5.11 Å². The highest BCUT2D eigenvalue weighted by Crippen LogP contribution is 2.62. The van der Waals surface area contributed by atoms with Crippen LogP contribution < -0.4 is 0 Å². The number of thiol groups is 1. The van der Waals surface area contributed by atoms with Gasteiger partial charge in [-0.15, -0.1) is 0 Å². The largest absolute Gasteiger partial charge is 0.507 e. The zero-order chi connectivity index (χ0) is 15.3. The molecule has 0 spiro atoms. The molecule has 0 radical (unpaired) electrons. The quantitative estimate of drug-likeness (QED) is 0.447. The van der Waals surface area contributed by atoms with Gasteiger partial charge >= 0.3 is 0 Å². The normalized spacial score (nSPS) is 13.8. The van der Waals surface area contributed by atoms with Crippen molar-refractivity contribution in [3.8, 4) is 16.9 Å². The molecule has 0 unspecified atom stereocenters. The van der Waals surface area contributed by atoms with Gasteiger partial charge in [-0.2, -0.15) is 10.9 Å². The Morgan fingerprint density at radius 2 is 1.18 bits per heavy atom. The van der Waals surface area contributed by atoms with Crippen molar-refractivity contribution in [1.29, 1.82) is 0 Å². The molecule has 1 aliphatic heterocycles. The van der Waals surface area contributed by atoms with E-state index in [0.717, 1.165) is 11.1 Å². The standard InChI is InChI=1S/C20H18OS/c1-13-11-15(12-14(2)20(13)21)22-18-9-5-3-7-16(18)17-8-4-6-10-19(17)22/h3-12,21-22H,1-2H3. The number of aromatic hydroxyl groups is 1. The smallest absolute Gasteiger partial charge is 0.121 e. The van der Waals surface area contributed by atoms with Crippen molar-refractivity contribution in [1.82, 2.24) is 0 Å². The van der Waals surface area contributed by atoms with Crippen LogP contribution in [0.25, 0.3) is 11.1 Å². The molecule has 0 aromatic heterocycles. The van der Waals surface area contributed by atoms with Gasteiger partial charge in [-0.05, 0) is 65.3 Å². The first kappa shape index (κ1) is 13.5. The minimum Gasteiger partial charge on any atom is -0.507 e. The summed E-state index contributed by atoms with van der Waals surface area (Å²) in [6.45, 7) is 3.96. The molecule has 1 nitrogen and oxygen atoms in total. The van der Waals surface area contributed by atoms with Gasteiger partial charge in [0.05, 0.1) is 0 Å². The van der Waals surface area contributed by atoms with Crippen LogP contribution >= 0.6 is 10.9 Å². The molecule has 0 saturated heterocycles. The van der Waals surface area contributed by atoms with E-state index in [2.05, 4.69) is 60.7 Å². The second-order valence-corrected chi connectivity index (χ2v) is 7.95. The fourth-order valence-corrected chi connectivity index (χ4v) is 6.07. The van der Waals surface area contributed by atoms with Crippen molar-refractivity contribution in [2.75, 3.05) is 0 Å². The Balaban J connectivity index is 2.00. The Hall–Kier alpha value is -2.19. The minimum atomic E-state index is -0.528. The van der Waals surface area contributed by atoms with Crippen molar-refractivity contribution >= 4 is 10.9 Å². The van der Waals surface area contributed by atoms with Crippen molar-refractivity contribution in [3.05, 3.63) is 71.8 Å². The SMILES string of the molecule is Cc1cc([SH]2c3ccccc3-c3ccccc32)cc(C)c1O. The summed E-state index contributed by atoms with van der Waals surface area (Å²) in [5.41, 5.74) is 4.62. The summed E-state index contributed by atoms with van der Waals surface area (Å²) in [6.07, 6.45) is 0. The predicted octanol–water partition coefficient (Wildman–Crippen LogP) is 5.47. The van der Waals surface area contributed by atoms with Crippen molar-refractivity contribution in [2.24, 2.45) is 0 Å². The van der Waals surface area contributed by atoms with Gasteiger partial charge in [-0.25, -0.2) is 0 Å². The zero-order valence-electron chi connectivity index (χ0n) is 12.7. The average Bonchev–Trinajstić information content (AvgIpc) is 2.87. The van der Waals surface area contributed by atoms with Gasteiger partial charge in [0, 0.05) is 9.79 Å². The number of fused-ring (bicyclic) bond motifs is 3. The maximum atomic E-state index is 10.1. The molecule has 2 heteroatoms. The summed E-state index contributed by atoms with van der Waals surface area (Å²) in [6, 6.07) is 21.7. The van der Waals surface area contributed by atoms with Crippen LogP contribution in [0.2, 0.25) is 0 Å². The van der Waals surface area contributed by atoms with Crippen LogP contribution in [0.1, 0.15) is 11.1 Å². The fraction of sp³-hybridized carbons (Fsp3) is 0.100. The van der Waals surface area contributed by atoms with Gasteiger partial charge in [0.25, 0.3) is 0 Å². The van der Waals surface area contributed by atoms with Gasteiger partial charge in [-0.3, -0.25) is 0 Å². The van der Waals surface area contributed by atoms with Crippen molar-refractivity contribution in [2.45, 2.75) is 28.5 Å². The summed E-state index contributed by atoms with van der Waals surface area (Å²) < 4.78 is 0. The summed E-state index contributed by atoms with van der Waals surface area (Å²) in [5.74, 6) is 0.416. The third kappa shape index (κ3) is 1.87. The van der Waals surface area contributed by atoms with E-state index in [1.54, 1.807) is 0 Å². The van der Waals surface area contributed by atoms with E-state index in [1.807, 2.05) is 13.8 Å². The highest BCUT2D eigenvalue weighted by Gasteiger charge is 2.26. The first-order chi connectivity index (χ1) is 10.7. The van der Waals surface area contributed by atoms with Crippen LogP contribution in [0.4, 0.5) is 0 Å². The van der Waals surface area contributed by atoms with Crippen LogP contribution in [0.3, 0.4) is 0 Å². The van der Waals surface area contributed by atoms with E-state index >= 15 is 0 Å². The molecule has 22 heavy (non-hydrogen) atoms. The number of hydrogen-bond donors (Lipinski definition) is 2. The zero-order valence-corrected chi connectivity index (χ0v) is 13.6. The first-order valence-electron chi connectivity index (χ1n) is 7.45. The molecule has 1 N–H and O–H groups in total. The molecule has 1 aliphatic rings. The maximum Gasteiger partial charge on any atom is 0.121 e. The summed E-state index contributed by atoms with van der Waals surface area (Å²) >= 11 is 0. The third-order valence-electron chi connectivity index (χ3n) is 4.31. The number of rotatable bonds is 1.